The number of aromatic amines is 1. The Balaban J connectivity index is 1.74. The number of Topliss-reactive ketones (excluding diaryl/α,β-unsaturated/α-hetero) is 1. The molecule has 0 spiro atoms. The average Bonchev–Trinajstić information content (AvgIpc) is 3.11. The third-order valence-electron chi connectivity index (χ3n) is 5.75. The fourth-order valence-corrected chi connectivity index (χ4v) is 4.42. The van der Waals surface area contributed by atoms with Gasteiger partial charge in [-0.1, -0.05) is 13.8 Å². The number of aromatic nitrogens is 1. The van der Waals surface area contributed by atoms with Crippen LogP contribution in [0.2, 0.25) is 0 Å². The number of nitrogens with one attached hydrogen (secondary N) is 1. The molecule has 0 saturated carbocycles. The molecule has 2 aliphatic heterocycles. The van der Waals surface area contributed by atoms with Gasteiger partial charge in [-0.2, -0.15) is 5.26 Å². The number of pyridine rings is 1. The Labute approximate surface area is 171 Å². The van der Waals surface area contributed by atoms with Crippen LogP contribution in [0.5, 0.6) is 11.5 Å². The zero-order chi connectivity index (χ0) is 21.2. The van der Waals surface area contributed by atoms with Gasteiger partial charge >= 0.3 is 0 Å². The predicted octanol–water partition coefficient (Wildman–Crippen LogP) is 2.71. The second kappa shape index (κ2) is 6.13. The lowest BCUT2D eigenvalue weighted by Gasteiger charge is -2.37. The summed E-state index contributed by atoms with van der Waals surface area (Å²) < 4.78 is 16.5. The van der Waals surface area contributed by atoms with Gasteiger partial charge in [0.25, 0.3) is 5.56 Å². The Morgan fingerprint density at radius 2 is 1.90 bits per heavy atom. The van der Waals surface area contributed by atoms with Crippen LogP contribution in [0, 0.1) is 16.7 Å². The zero-order valence-electron chi connectivity index (χ0n) is 16.5. The number of nitrogens with zero attached hydrogens (tertiary/aromatic N) is 1. The number of rotatable bonds is 1. The van der Waals surface area contributed by atoms with E-state index in [1.807, 2.05) is 19.9 Å². The SMILES string of the molecule is CC1(C)CC(=O)C2=C(C1)OC(N)=C(C#N)C2c1cc2cc3c(cc2[nH]c1=O)OCO3. The van der Waals surface area contributed by atoms with Crippen molar-refractivity contribution >= 4 is 16.7 Å². The first kappa shape index (κ1) is 18.3. The lowest BCUT2D eigenvalue weighted by molar-refractivity contribution is -0.119. The Morgan fingerprint density at radius 1 is 1.17 bits per heavy atom. The first-order valence-corrected chi connectivity index (χ1v) is 9.58. The summed E-state index contributed by atoms with van der Waals surface area (Å²) in [5.74, 6) is 0.462. The highest BCUT2D eigenvalue weighted by Gasteiger charge is 2.43. The summed E-state index contributed by atoms with van der Waals surface area (Å²) in [7, 11) is 0. The molecule has 1 unspecified atom stereocenters. The first-order valence-electron chi connectivity index (χ1n) is 9.58. The number of carbonyl (C=O) groups excluding carboxylic acids is 1. The van der Waals surface area contributed by atoms with Crippen LogP contribution in [0.1, 0.15) is 38.2 Å². The van der Waals surface area contributed by atoms with Crippen LogP contribution in [0.15, 0.2) is 45.8 Å². The molecule has 30 heavy (non-hydrogen) atoms. The van der Waals surface area contributed by atoms with E-state index in [2.05, 4.69) is 4.98 Å². The Bertz CT molecular complexity index is 1290. The number of benzene rings is 1. The van der Waals surface area contributed by atoms with Crippen molar-refractivity contribution in [2.24, 2.45) is 11.1 Å². The van der Waals surface area contributed by atoms with Gasteiger partial charge in [-0.25, -0.2) is 0 Å². The maximum absolute atomic E-state index is 13.1. The van der Waals surface area contributed by atoms with Gasteiger partial charge in [-0.05, 0) is 17.5 Å². The van der Waals surface area contributed by atoms with Crippen molar-refractivity contribution in [3.8, 4) is 17.6 Å². The van der Waals surface area contributed by atoms with Crippen molar-refractivity contribution in [1.82, 2.24) is 4.98 Å². The molecule has 152 valence electrons. The summed E-state index contributed by atoms with van der Waals surface area (Å²) in [5.41, 5.74) is 6.58. The monoisotopic (exact) mass is 405 g/mol. The number of hydrogen-bond donors (Lipinski definition) is 2. The Kier molecular flexibility index (Phi) is 3.74. The van der Waals surface area contributed by atoms with Crippen molar-refractivity contribution in [3.05, 3.63) is 56.9 Å². The van der Waals surface area contributed by atoms with Gasteiger partial charge in [0.05, 0.1) is 11.4 Å². The second-order valence-corrected chi connectivity index (χ2v) is 8.55. The van der Waals surface area contributed by atoms with Crippen LogP contribution in [-0.2, 0) is 9.53 Å². The van der Waals surface area contributed by atoms with Crippen LogP contribution in [0.25, 0.3) is 10.9 Å². The van der Waals surface area contributed by atoms with Crippen LogP contribution < -0.4 is 20.8 Å². The molecule has 8 nitrogen and oxygen atoms in total. The molecule has 0 bridgehead atoms. The van der Waals surface area contributed by atoms with E-state index in [9.17, 15) is 14.9 Å². The number of ketones is 1. The fraction of sp³-hybridized carbons (Fsp3) is 0.318. The van der Waals surface area contributed by atoms with Crippen molar-refractivity contribution in [3.63, 3.8) is 0 Å². The van der Waals surface area contributed by atoms with E-state index in [0.717, 1.165) is 0 Å². The number of H-pyrrole nitrogens is 1. The highest BCUT2D eigenvalue weighted by Crippen LogP contribution is 2.47. The molecule has 0 fully saturated rings. The molecular formula is C22H19N3O5. The number of hydrogen-bond acceptors (Lipinski definition) is 7. The number of ether oxygens (including phenoxy) is 3. The minimum atomic E-state index is -0.874. The van der Waals surface area contributed by atoms with Gasteiger partial charge in [0.2, 0.25) is 12.7 Å². The van der Waals surface area contributed by atoms with Crippen molar-refractivity contribution < 1.29 is 19.0 Å². The standard InChI is InChI=1S/C22H19N3O5/c1-22(2)6-14(26)19-17(7-22)30-20(24)12(8-23)18(19)11-3-10-4-15-16(29-9-28-15)5-13(10)25-21(11)27/h3-5,18H,6-7,9,24H2,1-2H3,(H,25,27). The molecule has 1 aromatic heterocycles. The third kappa shape index (κ3) is 2.66. The average molecular weight is 405 g/mol. The van der Waals surface area contributed by atoms with Crippen LogP contribution in [0.3, 0.4) is 0 Å². The molecule has 3 N–H and O–H groups in total. The quantitative estimate of drug-likeness (QED) is 0.746. The summed E-state index contributed by atoms with van der Waals surface area (Å²) in [5, 5.41) is 10.4. The van der Waals surface area contributed by atoms with Crippen molar-refractivity contribution in [2.75, 3.05) is 6.79 Å². The highest BCUT2D eigenvalue weighted by molar-refractivity contribution is 6.00. The van der Waals surface area contributed by atoms with E-state index in [0.29, 0.717) is 46.6 Å². The predicted molar refractivity (Wildman–Crippen MR) is 106 cm³/mol. The number of carbonyl (C=O) groups is 1. The molecule has 3 heterocycles. The van der Waals surface area contributed by atoms with Gasteiger partial charge in [0, 0.05) is 35.4 Å². The third-order valence-corrected chi connectivity index (χ3v) is 5.75. The van der Waals surface area contributed by atoms with Crippen molar-refractivity contribution in [1.29, 1.82) is 5.26 Å². The van der Waals surface area contributed by atoms with Gasteiger partial charge in [-0.15, -0.1) is 0 Å². The van der Waals surface area contributed by atoms with E-state index in [4.69, 9.17) is 19.9 Å². The van der Waals surface area contributed by atoms with Gasteiger partial charge in [-0.3, -0.25) is 9.59 Å². The number of fused-ring (bicyclic) bond motifs is 2. The molecule has 0 saturated heterocycles. The Morgan fingerprint density at radius 3 is 2.63 bits per heavy atom. The van der Waals surface area contributed by atoms with Crippen LogP contribution in [0.4, 0.5) is 0 Å². The highest BCUT2D eigenvalue weighted by atomic mass is 16.7. The molecular weight excluding hydrogens is 386 g/mol. The second-order valence-electron chi connectivity index (χ2n) is 8.55. The largest absolute Gasteiger partial charge is 0.454 e. The molecule has 1 aliphatic carbocycles. The van der Waals surface area contributed by atoms with E-state index < -0.39 is 11.5 Å². The topological polar surface area (TPSA) is 127 Å². The molecule has 0 amide bonds. The smallest absolute Gasteiger partial charge is 0.252 e. The Hall–Kier alpha value is -3.73. The van der Waals surface area contributed by atoms with Gasteiger partial charge in [0.15, 0.2) is 17.3 Å². The molecule has 5 rings (SSSR count). The number of nitriles is 1. The fourth-order valence-electron chi connectivity index (χ4n) is 4.42. The maximum Gasteiger partial charge on any atom is 0.252 e. The van der Waals surface area contributed by atoms with Crippen LogP contribution >= 0.6 is 0 Å². The molecule has 1 aromatic carbocycles. The summed E-state index contributed by atoms with van der Waals surface area (Å²) in [6, 6.07) is 7.17. The minimum absolute atomic E-state index is 0.0624. The first-order chi connectivity index (χ1) is 14.3. The number of allylic oxidation sites excluding steroid dienone is 3. The summed E-state index contributed by atoms with van der Waals surface area (Å²) in [6.45, 7) is 4.05. The van der Waals surface area contributed by atoms with E-state index in [1.165, 1.54) is 0 Å². The summed E-state index contributed by atoms with van der Waals surface area (Å²) in [4.78, 5) is 28.9. The lowest BCUT2D eigenvalue weighted by Crippen LogP contribution is -2.35. The van der Waals surface area contributed by atoms with Gasteiger partial charge in [0.1, 0.15) is 17.4 Å². The summed E-state index contributed by atoms with van der Waals surface area (Å²) in [6.07, 6.45) is 0.794. The normalized spacial score (nSPS) is 22.0. The van der Waals surface area contributed by atoms with Crippen molar-refractivity contribution in [2.45, 2.75) is 32.6 Å². The minimum Gasteiger partial charge on any atom is -0.454 e. The molecule has 0 radical (unpaired) electrons. The van der Waals surface area contributed by atoms with E-state index in [-0.39, 0.29) is 35.0 Å². The van der Waals surface area contributed by atoms with E-state index in [1.54, 1.807) is 18.2 Å². The summed E-state index contributed by atoms with van der Waals surface area (Å²) >= 11 is 0. The van der Waals surface area contributed by atoms with Crippen LogP contribution in [-0.4, -0.2) is 17.6 Å². The molecule has 8 heteroatoms. The molecule has 3 aliphatic rings. The number of nitrogens with two attached hydrogens (primary N) is 1. The molecule has 1 atom stereocenters. The lowest BCUT2D eigenvalue weighted by atomic mass is 9.70. The zero-order valence-corrected chi connectivity index (χ0v) is 16.5. The molecule has 2 aromatic rings. The maximum atomic E-state index is 13.1. The van der Waals surface area contributed by atoms with Gasteiger partial charge < -0.3 is 24.9 Å². The van der Waals surface area contributed by atoms with E-state index >= 15 is 0 Å².